The molecule has 1 aromatic heterocycles. The van der Waals surface area contributed by atoms with Gasteiger partial charge in [-0.2, -0.15) is 13.2 Å². The van der Waals surface area contributed by atoms with Gasteiger partial charge in [0, 0.05) is 16.3 Å². The van der Waals surface area contributed by atoms with Crippen molar-refractivity contribution >= 4 is 50.9 Å². The van der Waals surface area contributed by atoms with E-state index in [9.17, 15) is 18.0 Å². The van der Waals surface area contributed by atoms with E-state index in [2.05, 4.69) is 4.99 Å². The largest absolute Gasteiger partial charge is 0.490 e. The number of hydrogen-bond acceptors (Lipinski definition) is 5. The van der Waals surface area contributed by atoms with Gasteiger partial charge in [-0.1, -0.05) is 41.9 Å². The molecule has 4 rings (SSSR count). The summed E-state index contributed by atoms with van der Waals surface area (Å²) in [5.41, 5.74) is -0.565. The molecule has 34 heavy (non-hydrogen) atoms. The molecule has 0 spiro atoms. The average Bonchev–Trinajstić information content (AvgIpc) is 3.16. The Kier molecular flexibility index (Phi) is 6.90. The fourth-order valence-corrected chi connectivity index (χ4v) is 4.60. The molecule has 0 aliphatic carbocycles. The molecule has 0 amide bonds. The summed E-state index contributed by atoms with van der Waals surface area (Å²) >= 11 is 7.59. The van der Waals surface area contributed by atoms with Crippen LogP contribution in [0, 0.1) is 0 Å². The van der Waals surface area contributed by atoms with Gasteiger partial charge in [0.15, 0.2) is 11.5 Å². The number of hydrogen-bond donors (Lipinski definition) is 0. The molecule has 4 aromatic rings. The molecule has 0 saturated heterocycles. The van der Waals surface area contributed by atoms with E-state index in [-0.39, 0.29) is 28.7 Å². The molecule has 0 radical (unpaired) electrons. The first-order valence-electron chi connectivity index (χ1n) is 10.1. The minimum absolute atomic E-state index is 0.160. The Morgan fingerprint density at radius 3 is 2.53 bits per heavy atom. The second kappa shape index (κ2) is 9.87. The lowest BCUT2D eigenvalue weighted by atomic mass is 10.1. The van der Waals surface area contributed by atoms with Crippen LogP contribution in [0.1, 0.15) is 27.7 Å². The Bertz CT molecular complexity index is 1380. The van der Waals surface area contributed by atoms with Gasteiger partial charge in [-0.3, -0.25) is 4.99 Å². The number of halogens is 4. The number of nitrogens with zero attached hydrogens (tertiary/aromatic N) is 1. The first kappa shape index (κ1) is 23.8. The van der Waals surface area contributed by atoms with E-state index in [1.165, 1.54) is 41.8 Å². The highest BCUT2D eigenvalue weighted by molar-refractivity contribution is 7.21. The molecule has 0 saturated carbocycles. The number of rotatable bonds is 6. The topological polar surface area (TPSA) is 47.9 Å². The maximum Gasteiger partial charge on any atom is 0.418 e. The Morgan fingerprint density at radius 2 is 1.79 bits per heavy atom. The molecule has 0 N–H and O–H groups in total. The number of aliphatic imine (C=N–C) groups is 1. The Hall–Kier alpha value is -3.36. The molecule has 1 heterocycles. The molecular weight excluding hydrogens is 487 g/mol. The third-order valence-electron chi connectivity index (χ3n) is 4.75. The Morgan fingerprint density at radius 1 is 1.06 bits per heavy atom. The van der Waals surface area contributed by atoms with Crippen LogP contribution in [0.3, 0.4) is 0 Å². The molecule has 4 nitrogen and oxygen atoms in total. The summed E-state index contributed by atoms with van der Waals surface area (Å²) in [6.45, 7) is 2.04. The molecule has 0 aliphatic rings. The second-order valence-corrected chi connectivity index (χ2v) is 8.47. The molecule has 0 fully saturated rings. The standard InChI is InChI=1S/C25H17ClF3NO3S/c1-2-32-20-13-15(14-30-18-9-5-4-8-17(18)25(27,28)29)11-12-19(20)33-24(31)23-22(26)16-7-3-6-10-21(16)34-23/h3-14H,2H2,1H3. The molecule has 0 atom stereocenters. The maximum absolute atomic E-state index is 13.2. The molecule has 9 heteroatoms. The van der Waals surface area contributed by atoms with Crippen LogP contribution >= 0.6 is 22.9 Å². The molecule has 174 valence electrons. The third-order valence-corrected chi connectivity index (χ3v) is 6.41. The van der Waals surface area contributed by atoms with Gasteiger partial charge in [0.05, 0.1) is 22.9 Å². The Balaban J connectivity index is 1.60. The quantitative estimate of drug-likeness (QED) is 0.152. The number of fused-ring (bicyclic) bond motifs is 1. The normalized spacial score (nSPS) is 11.8. The number of thiophene rings is 1. The number of para-hydroxylation sites is 1. The van der Waals surface area contributed by atoms with Gasteiger partial charge in [0.25, 0.3) is 0 Å². The lowest BCUT2D eigenvalue weighted by Crippen LogP contribution is -2.08. The summed E-state index contributed by atoms with van der Waals surface area (Å²) < 4.78 is 51.6. The van der Waals surface area contributed by atoms with Crippen molar-refractivity contribution in [2.75, 3.05) is 6.61 Å². The number of alkyl halides is 3. The third kappa shape index (κ3) is 5.08. The van der Waals surface area contributed by atoms with Gasteiger partial charge in [-0.05, 0) is 48.9 Å². The zero-order valence-electron chi connectivity index (χ0n) is 17.7. The number of carbonyl (C=O) groups excluding carboxylic acids is 1. The van der Waals surface area contributed by atoms with Gasteiger partial charge in [-0.15, -0.1) is 11.3 Å². The predicted octanol–water partition coefficient (Wildman–Crippen LogP) is 7.94. The van der Waals surface area contributed by atoms with E-state index in [1.807, 2.05) is 24.3 Å². The second-order valence-electron chi connectivity index (χ2n) is 7.04. The summed E-state index contributed by atoms with van der Waals surface area (Å²) in [6.07, 6.45) is -3.22. The number of ether oxygens (including phenoxy) is 2. The zero-order valence-corrected chi connectivity index (χ0v) is 19.3. The molecule has 0 aliphatic heterocycles. The van der Waals surface area contributed by atoms with Crippen LogP contribution in [0.4, 0.5) is 18.9 Å². The highest BCUT2D eigenvalue weighted by Gasteiger charge is 2.33. The van der Waals surface area contributed by atoms with Crippen molar-refractivity contribution in [3.63, 3.8) is 0 Å². The number of carbonyl (C=O) groups is 1. The van der Waals surface area contributed by atoms with Crippen LogP contribution < -0.4 is 9.47 Å². The summed E-state index contributed by atoms with van der Waals surface area (Å²) in [5, 5.41) is 1.08. The summed E-state index contributed by atoms with van der Waals surface area (Å²) in [7, 11) is 0. The zero-order chi connectivity index (χ0) is 24.3. The van der Waals surface area contributed by atoms with Gasteiger partial charge in [-0.25, -0.2) is 4.79 Å². The van der Waals surface area contributed by atoms with E-state index in [4.69, 9.17) is 21.1 Å². The smallest absolute Gasteiger partial charge is 0.418 e. The van der Waals surface area contributed by atoms with Crippen molar-refractivity contribution in [1.82, 2.24) is 0 Å². The van der Waals surface area contributed by atoms with Gasteiger partial charge in [0.2, 0.25) is 0 Å². The van der Waals surface area contributed by atoms with Gasteiger partial charge < -0.3 is 9.47 Å². The van der Waals surface area contributed by atoms with Crippen molar-refractivity contribution in [2.45, 2.75) is 13.1 Å². The summed E-state index contributed by atoms with van der Waals surface area (Å²) in [4.78, 5) is 17.1. The van der Waals surface area contributed by atoms with Crippen LogP contribution in [0.5, 0.6) is 11.5 Å². The highest BCUT2D eigenvalue weighted by Crippen LogP contribution is 2.38. The summed E-state index contributed by atoms with van der Waals surface area (Å²) in [5.74, 6) is -0.220. The minimum atomic E-state index is -4.52. The average molecular weight is 504 g/mol. The maximum atomic E-state index is 13.2. The van der Waals surface area contributed by atoms with Crippen LogP contribution in [0.15, 0.2) is 71.7 Å². The summed E-state index contributed by atoms with van der Waals surface area (Å²) in [6, 6.07) is 17.0. The molecule has 0 bridgehead atoms. The van der Waals surface area contributed by atoms with Crippen molar-refractivity contribution in [3.05, 3.63) is 87.8 Å². The fourth-order valence-electron chi connectivity index (χ4n) is 3.22. The SMILES string of the molecule is CCOc1cc(C=Nc2ccccc2C(F)(F)F)ccc1OC(=O)c1sc2ccccc2c1Cl. The minimum Gasteiger partial charge on any atom is -0.490 e. The fraction of sp³-hybridized carbons (Fsp3) is 0.120. The predicted molar refractivity (Wildman–Crippen MR) is 128 cm³/mol. The van der Waals surface area contributed by atoms with E-state index in [0.29, 0.717) is 10.6 Å². The van der Waals surface area contributed by atoms with Crippen molar-refractivity contribution in [3.8, 4) is 11.5 Å². The first-order chi connectivity index (χ1) is 16.3. The molecular formula is C25H17ClF3NO3S. The van der Waals surface area contributed by atoms with Crippen LogP contribution in [-0.2, 0) is 6.18 Å². The monoisotopic (exact) mass is 503 g/mol. The van der Waals surface area contributed by atoms with Crippen LogP contribution in [0.2, 0.25) is 5.02 Å². The van der Waals surface area contributed by atoms with E-state index in [1.54, 1.807) is 19.1 Å². The van der Waals surface area contributed by atoms with Gasteiger partial charge >= 0.3 is 12.1 Å². The van der Waals surface area contributed by atoms with Crippen molar-refractivity contribution < 1.29 is 27.4 Å². The molecule has 0 unspecified atom stereocenters. The van der Waals surface area contributed by atoms with E-state index >= 15 is 0 Å². The molecule has 3 aromatic carbocycles. The lowest BCUT2D eigenvalue weighted by molar-refractivity contribution is -0.137. The van der Waals surface area contributed by atoms with Crippen molar-refractivity contribution in [2.24, 2.45) is 4.99 Å². The van der Waals surface area contributed by atoms with Gasteiger partial charge in [0.1, 0.15) is 4.88 Å². The lowest BCUT2D eigenvalue weighted by Gasteiger charge is -2.11. The highest BCUT2D eigenvalue weighted by atomic mass is 35.5. The van der Waals surface area contributed by atoms with E-state index in [0.717, 1.165) is 16.2 Å². The Labute approximate surface area is 202 Å². The first-order valence-corrected chi connectivity index (χ1v) is 11.3. The van der Waals surface area contributed by atoms with Crippen molar-refractivity contribution in [1.29, 1.82) is 0 Å². The number of esters is 1. The van der Waals surface area contributed by atoms with Crippen LogP contribution in [0.25, 0.3) is 10.1 Å². The number of benzene rings is 3. The van der Waals surface area contributed by atoms with E-state index < -0.39 is 17.7 Å². The van der Waals surface area contributed by atoms with Crippen LogP contribution in [-0.4, -0.2) is 18.8 Å².